The standard InChI is InChI=1S/C19H15N3O4S/c1-25-11-6-4-10(5-7-11)22-18(23)15-14(13-3-2-8-26-13)12(9-20)17(21)27-16(15)19(22)24/h2-8,12,14-16,21H,1H3/t12-,14-,15-,16-/m0/s1. The van der Waals surface area contributed by atoms with Crippen molar-refractivity contribution >= 4 is 34.3 Å². The number of carbonyl (C=O) groups is 2. The van der Waals surface area contributed by atoms with Gasteiger partial charge in [-0.25, -0.2) is 4.90 Å². The van der Waals surface area contributed by atoms with E-state index in [0.717, 1.165) is 16.7 Å². The molecule has 27 heavy (non-hydrogen) atoms. The first-order valence-electron chi connectivity index (χ1n) is 8.26. The summed E-state index contributed by atoms with van der Waals surface area (Å²) in [6.45, 7) is 0. The number of nitrogens with zero attached hydrogens (tertiary/aromatic N) is 2. The van der Waals surface area contributed by atoms with E-state index in [-0.39, 0.29) is 16.9 Å². The molecule has 2 fully saturated rings. The molecule has 0 radical (unpaired) electrons. The van der Waals surface area contributed by atoms with E-state index in [9.17, 15) is 14.9 Å². The number of nitriles is 1. The summed E-state index contributed by atoms with van der Waals surface area (Å²) < 4.78 is 10.6. The number of benzene rings is 1. The second-order valence-corrected chi connectivity index (χ2v) is 7.47. The van der Waals surface area contributed by atoms with Crippen LogP contribution in [0.2, 0.25) is 0 Å². The van der Waals surface area contributed by atoms with E-state index in [1.807, 2.05) is 0 Å². The number of furan rings is 1. The number of carbonyl (C=O) groups excluding carboxylic acids is 2. The van der Waals surface area contributed by atoms with Crippen LogP contribution in [0, 0.1) is 28.6 Å². The Morgan fingerprint density at radius 1 is 1.19 bits per heavy atom. The number of fused-ring (bicyclic) bond motifs is 1. The maximum Gasteiger partial charge on any atom is 0.248 e. The highest BCUT2D eigenvalue weighted by atomic mass is 32.2. The molecule has 0 bridgehead atoms. The summed E-state index contributed by atoms with van der Waals surface area (Å²) in [7, 11) is 1.54. The summed E-state index contributed by atoms with van der Waals surface area (Å²) in [5, 5.41) is 17.1. The number of thioether (sulfide) groups is 1. The minimum atomic E-state index is -0.824. The molecular weight excluding hydrogens is 366 g/mol. The summed E-state index contributed by atoms with van der Waals surface area (Å²) >= 11 is 0.991. The van der Waals surface area contributed by atoms with Gasteiger partial charge in [0.05, 0.1) is 42.0 Å². The van der Waals surface area contributed by atoms with Gasteiger partial charge in [0.1, 0.15) is 22.7 Å². The van der Waals surface area contributed by atoms with Gasteiger partial charge in [-0.05, 0) is 36.4 Å². The van der Waals surface area contributed by atoms with Gasteiger partial charge in [0, 0.05) is 0 Å². The Labute approximate surface area is 159 Å². The molecule has 0 aliphatic carbocycles. The minimum Gasteiger partial charge on any atom is -0.497 e. The van der Waals surface area contributed by atoms with E-state index in [2.05, 4.69) is 6.07 Å². The predicted octanol–water partition coefficient (Wildman–Crippen LogP) is 2.79. The number of imide groups is 1. The minimum absolute atomic E-state index is 0.0814. The fourth-order valence-electron chi connectivity index (χ4n) is 3.66. The Morgan fingerprint density at radius 3 is 2.52 bits per heavy atom. The number of hydrogen-bond acceptors (Lipinski definition) is 7. The average molecular weight is 381 g/mol. The number of anilines is 1. The number of methoxy groups -OCH3 is 1. The molecule has 0 saturated carbocycles. The average Bonchev–Trinajstić information content (AvgIpc) is 3.29. The number of hydrogen-bond donors (Lipinski definition) is 1. The molecule has 1 aromatic heterocycles. The molecule has 0 unspecified atom stereocenters. The molecule has 8 heteroatoms. The van der Waals surface area contributed by atoms with Crippen LogP contribution in [-0.2, 0) is 9.59 Å². The van der Waals surface area contributed by atoms with Crippen LogP contribution in [0.15, 0.2) is 47.1 Å². The van der Waals surface area contributed by atoms with Crippen LogP contribution in [0.1, 0.15) is 11.7 Å². The van der Waals surface area contributed by atoms with Gasteiger partial charge in [-0.3, -0.25) is 15.0 Å². The first-order valence-corrected chi connectivity index (χ1v) is 9.14. The van der Waals surface area contributed by atoms with Crippen molar-refractivity contribution < 1.29 is 18.7 Å². The van der Waals surface area contributed by atoms with Gasteiger partial charge < -0.3 is 9.15 Å². The fourth-order valence-corrected chi connectivity index (χ4v) is 4.92. The van der Waals surface area contributed by atoms with Crippen LogP contribution in [0.25, 0.3) is 0 Å². The van der Waals surface area contributed by atoms with Gasteiger partial charge in [-0.1, -0.05) is 11.8 Å². The molecule has 4 rings (SSSR count). The molecule has 0 spiro atoms. The molecule has 2 amide bonds. The van der Waals surface area contributed by atoms with Gasteiger partial charge in [0.2, 0.25) is 11.8 Å². The fraction of sp³-hybridized carbons (Fsp3) is 0.263. The van der Waals surface area contributed by atoms with Crippen LogP contribution >= 0.6 is 11.8 Å². The Bertz CT molecular complexity index is 948. The van der Waals surface area contributed by atoms with Gasteiger partial charge in [0.25, 0.3) is 0 Å². The van der Waals surface area contributed by atoms with Gasteiger partial charge in [-0.2, -0.15) is 5.26 Å². The number of rotatable bonds is 3. The van der Waals surface area contributed by atoms with Crippen LogP contribution in [0.4, 0.5) is 5.69 Å². The molecule has 2 saturated heterocycles. The second-order valence-electron chi connectivity index (χ2n) is 6.29. The zero-order chi connectivity index (χ0) is 19.1. The Hall–Kier alpha value is -3.05. The van der Waals surface area contributed by atoms with E-state index < -0.39 is 23.0 Å². The lowest BCUT2D eigenvalue weighted by atomic mass is 9.79. The van der Waals surface area contributed by atoms with Gasteiger partial charge in [0.15, 0.2) is 0 Å². The molecular formula is C19H15N3O4S. The monoisotopic (exact) mass is 381 g/mol. The molecule has 3 heterocycles. The number of amides is 2. The molecule has 4 atom stereocenters. The summed E-state index contributed by atoms with van der Waals surface area (Å²) in [6.07, 6.45) is 1.46. The zero-order valence-electron chi connectivity index (χ0n) is 14.3. The number of ether oxygens (including phenoxy) is 1. The van der Waals surface area contributed by atoms with Crippen molar-refractivity contribution in [3.8, 4) is 11.8 Å². The van der Waals surface area contributed by atoms with E-state index in [1.165, 1.54) is 13.4 Å². The quantitative estimate of drug-likeness (QED) is 0.819. The maximum atomic E-state index is 13.2. The van der Waals surface area contributed by atoms with Crippen molar-refractivity contribution in [2.45, 2.75) is 11.2 Å². The number of nitrogens with one attached hydrogen (secondary N) is 1. The summed E-state index contributed by atoms with van der Waals surface area (Å²) in [4.78, 5) is 27.4. The third kappa shape index (κ3) is 2.62. The van der Waals surface area contributed by atoms with Crippen molar-refractivity contribution in [1.82, 2.24) is 0 Å². The first-order chi connectivity index (χ1) is 13.1. The largest absolute Gasteiger partial charge is 0.497 e. The van der Waals surface area contributed by atoms with Gasteiger partial charge in [-0.15, -0.1) is 0 Å². The lowest BCUT2D eigenvalue weighted by Crippen LogP contribution is -2.39. The molecule has 7 nitrogen and oxygen atoms in total. The smallest absolute Gasteiger partial charge is 0.248 e. The SMILES string of the molecule is COc1ccc(N2C(=O)[C@H]3[C@H](c4ccco4)[C@H](C#N)C(=N)S[C@@H]3C2=O)cc1. The van der Waals surface area contributed by atoms with Crippen molar-refractivity contribution in [3.05, 3.63) is 48.4 Å². The van der Waals surface area contributed by atoms with E-state index in [1.54, 1.807) is 36.4 Å². The van der Waals surface area contributed by atoms with Crippen molar-refractivity contribution in [3.63, 3.8) is 0 Å². The molecule has 1 N–H and O–H groups in total. The summed E-state index contributed by atoms with van der Waals surface area (Å²) in [5.41, 5.74) is 0.444. The van der Waals surface area contributed by atoms with Crippen molar-refractivity contribution in [1.29, 1.82) is 10.7 Å². The second kappa shape index (κ2) is 6.59. The van der Waals surface area contributed by atoms with Gasteiger partial charge >= 0.3 is 0 Å². The first kappa shape index (κ1) is 17.4. The molecule has 1 aromatic carbocycles. The van der Waals surface area contributed by atoms with Crippen LogP contribution in [0.3, 0.4) is 0 Å². The molecule has 2 aliphatic heterocycles. The van der Waals surface area contributed by atoms with E-state index in [4.69, 9.17) is 14.6 Å². The highest BCUT2D eigenvalue weighted by Gasteiger charge is 2.59. The highest BCUT2D eigenvalue weighted by molar-refractivity contribution is 8.15. The lowest BCUT2D eigenvalue weighted by Gasteiger charge is -2.32. The Morgan fingerprint density at radius 2 is 1.93 bits per heavy atom. The third-order valence-electron chi connectivity index (χ3n) is 4.92. The van der Waals surface area contributed by atoms with Crippen LogP contribution in [-0.4, -0.2) is 29.2 Å². The van der Waals surface area contributed by atoms with E-state index in [0.29, 0.717) is 17.2 Å². The van der Waals surface area contributed by atoms with Crippen molar-refractivity contribution in [2.75, 3.05) is 12.0 Å². The Balaban J connectivity index is 1.77. The Kier molecular flexibility index (Phi) is 4.24. The lowest BCUT2D eigenvalue weighted by molar-refractivity contribution is -0.122. The highest BCUT2D eigenvalue weighted by Crippen LogP contribution is 2.50. The molecule has 2 aromatic rings. The summed E-state index contributed by atoms with van der Waals surface area (Å²) in [5.74, 6) is -1.94. The maximum absolute atomic E-state index is 13.2. The van der Waals surface area contributed by atoms with Crippen LogP contribution < -0.4 is 9.64 Å². The zero-order valence-corrected chi connectivity index (χ0v) is 15.1. The molecule has 136 valence electrons. The third-order valence-corrected chi connectivity index (χ3v) is 6.18. The topological polar surface area (TPSA) is 107 Å². The van der Waals surface area contributed by atoms with Crippen molar-refractivity contribution in [2.24, 2.45) is 11.8 Å². The van der Waals surface area contributed by atoms with E-state index >= 15 is 0 Å². The molecule has 2 aliphatic rings. The normalized spacial score (nSPS) is 27.4. The predicted molar refractivity (Wildman–Crippen MR) is 98.6 cm³/mol. The van der Waals surface area contributed by atoms with Crippen LogP contribution in [0.5, 0.6) is 5.75 Å². The summed E-state index contributed by atoms with van der Waals surface area (Å²) in [6, 6.07) is 12.1.